The third-order valence-corrected chi connectivity index (χ3v) is 8.76. The molecule has 0 amide bonds. The third kappa shape index (κ3) is 2.85. The molecule has 5 aliphatic rings. The Balaban J connectivity index is 1.29. The number of fused-ring (bicyclic) bond motifs is 1. The van der Waals surface area contributed by atoms with Gasteiger partial charge in [0.2, 0.25) is 5.79 Å². The largest absolute Gasteiger partial charge is 0.472 e. The molecule has 0 unspecified atom stereocenters. The first-order valence-corrected chi connectivity index (χ1v) is 11.6. The van der Waals surface area contributed by atoms with Crippen molar-refractivity contribution in [1.82, 2.24) is 0 Å². The van der Waals surface area contributed by atoms with E-state index in [1.54, 1.807) is 18.6 Å². The molecule has 1 aromatic rings. The van der Waals surface area contributed by atoms with Gasteiger partial charge in [-0.25, -0.2) is 14.6 Å². The normalized spacial score (nSPS) is 47.6. The number of furan rings is 1. The minimum Gasteiger partial charge on any atom is -0.472 e. The lowest BCUT2D eigenvalue weighted by Gasteiger charge is -2.49. The Labute approximate surface area is 192 Å². The summed E-state index contributed by atoms with van der Waals surface area (Å²) in [5.74, 6) is -2.43. The molecule has 33 heavy (non-hydrogen) atoms. The average molecular weight is 459 g/mol. The second-order valence-electron chi connectivity index (χ2n) is 11.1. The maximum absolute atomic E-state index is 12.1. The van der Waals surface area contributed by atoms with Gasteiger partial charge in [-0.3, -0.25) is 0 Å². The quantitative estimate of drug-likeness (QED) is 0.403. The molecule has 0 bridgehead atoms. The number of cyclic esters (lactones) is 1. The van der Waals surface area contributed by atoms with Crippen LogP contribution < -0.4 is 0 Å². The molecule has 0 spiro atoms. The smallest absolute Gasteiger partial charge is 0.331 e. The van der Waals surface area contributed by atoms with E-state index in [9.17, 15) is 15.0 Å². The number of rotatable bonds is 3. The van der Waals surface area contributed by atoms with E-state index in [-0.39, 0.29) is 30.3 Å². The molecule has 2 saturated heterocycles. The van der Waals surface area contributed by atoms with Gasteiger partial charge in [-0.1, -0.05) is 11.6 Å². The Morgan fingerprint density at radius 1 is 1.21 bits per heavy atom. The zero-order valence-corrected chi connectivity index (χ0v) is 19.1. The van der Waals surface area contributed by atoms with Crippen molar-refractivity contribution in [1.29, 1.82) is 0 Å². The van der Waals surface area contributed by atoms with Crippen LogP contribution in [0.3, 0.4) is 0 Å². The summed E-state index contributed by atoms with van der Waals surface area (Å²) in [6.07, 6.45) is 10.0. The maximum atomic E-state index is 12.1. The molecule has 1 aromatic heterocycles. The molecule has 3 aliphatic heterocycles. The summed E-state index contributed by atoms with van der Waals surface area (Å²) < 4.78 is 16.9. The van der Waals surface area contributed by atoms with Crippen molar-refractivity contribution in [2.45, 2.75) is 82.3 Å². The first-order valence-electron chi connectivity index (χ1n) is 11.6. The Kier molecular flexibility index (Phi) is 4.30. The number of carbonyl (C=O) groups is 1. The SMILES string of the molecule is CC1(C)OC(=O)C=C[C@]2(C)OO[C@](O)(CC3=CCC[C@]45C[C@]34[C@H](O)O[C@@H]5c3ccoc3)C[C@H]12. The van der Waals surface area contributed by atoms with Gasteiger partial charge in [0, 0.05) is 35.8 Å². The van der Waals surface area contributed by atoms with E-state index < -0.39 is 34.7 Å². The minimum absolute atomic E-state index is 0.174. The van der Waals surface area contributed by atoms with Crippen LogP contribution in [0.5, 0.6) is 0 Å². The number of allylic oxidation sites excluding steroid dienone is 1. The molecule has 178 valence electrons. The van der Waals surface area contributed by atoms with Crippen molar-refractivity contribution in [3.8, 4) is 0 Å². The first-order chi connectivity index (χ1) is 15.5. The van der Waals surface area contributed by atoms with Crippen molar-refractivity contribution in [2.75, 3.05) is 0 Å². The Morgan fingerprint density at radius 3 is 2.79 bits per heavy atom. The standard InChI is InChI=1S/C25H30O8/c1-21(2)17-12-24(28,33-32-22(17,3)9-6-18(26)31-21)11-16-5-4-8-23-14-25(16,23)20(27)30-19(23)15-7-10-29-13-15/h5-7,9-10,13,17,19-20,27-28H,4,8,11-12,14H2,1-3H3/t17-,19-,20-,22+,23-,24-,25-/m1/s1. The molecule has 6 rings (SSSR count). The zero-order valence-electron chi connectivity index (χ0n) is 19.1. The van der Waals surface area contributed by atoms with Crippen LogP contribution in [0, 0.1) is 16.7 Å². The second kappa shape index (κ2) is 6.58. The highest BCUT2D eigenvalue weighted by molar-refractivity contribution is 5.83. The van der Waals surface area contributed by atoms with Gasteiger partial charge in [0.25, 0.3) is 0 Å². The molecule has 7 atom stereocenters. The molecule has 3 fully saturated rings. The highest BCUT2D eigenvalue weighted by atomic mass is 17.2. The van der Waals surface area contributed by atoms with Gasteiger partial charge in [-0.15, -0.1) is 0 Å². The maximum Gasteiger partial charge on any atom is 0.331 e. The van der Waals surface area contributed by atoms with Crippen LogP contribution in [-0.4, -0.2) is 39.5 Å². The van der Waals surface area contributed by atoms with Crippen LogP contribution in [0.4, 0.5) is 0 Å². The van der Waals surface area contributed by atoms with E-state index in [0.29, 0.717) is 0 Å². The monoisotopic (exact) mass is 458 g/mol. The summed E-state index contributed by atoms with van der Waals surface area (Å²) in [6.45, 7) is 5.47. The third-order valence-electron chi connectivity index (χ3n) is 8.76. The fraction of sp³-hybridized carbons (Fsp3) is 0.640. The van der Waals surface area contributed by atoms with Crippen molar-refractivity contribution < 1.29 is 38.7 Å². The summed E-state index contributed by atoms with van der Waals surface area (Å²) in [5, 5.41) is 22.6. The molecule has 1 saturated carbocycles. The number of ether oxygens (including phenoxy) is 2. The summed E-state index contributed by atoms with van der Waals surface area (Å²) in [4.78, 5) is 23.5. The Morgan fingerprint density at radius 2 is 2.03 bits per heavy atom. The first kappa shape index (κ1) is 21.6. The molecular formula is C25H30O8. The molecule has 8 heteroatoms. The highest BCUT2D eigenvalue weighted by Crippen LogP contribution is 2.83. The number of aliphatic hydroxyl groups excluding tert-OH is 1. The summed E-state index contributed by atoms with van der Waals surface area (Å²) in [7, 11) is 0. The van der Waals surface area contributed by atoms with Crippen LogP contribution in [0.25, 0.3) is 0 Å². The van der Waals surface area contributed by atoms with Gasteiger partial charge in [0.15, 0.2) is 6.29 Å². The van der Waals surface area contributed by atoms with Crippen LogP contribution in [-0.2, 0) is 24.0 Å². The lowest BCUT2D eigenvalue weighted by Crippen LogP contribution is -2.57. The fourth-order valence-corrected chi connectivity index (χ4v) is 7.12. The number of hydrogen-bond acceptors (Lipinski definition) is 8. The van der Waals surface area contributed by atoms with Gasteiger partial charge < -0.3 is 24.1 Å². The molecule has 2 N–H and O–H groups in total. The van der Waals surface area contributed by atoms with E-state index in [1.165, 1.54) is 6.08 Å². The number of esters is 1. The summed E-state index contributed by atoms with van der Waals surface area (Å²) >= 11 is 0. The molecule has 8 nitrogen and oxygen atoms in total. The average Bonchev–Trinajstić information content (AvgIpc) is 3.08. The van der Waals surface area contributed by atoms with Gasteiger partial charge in [0.1, 0.15) is 11.2 Å². The Bertz CT molecular complexity index is 1040. The molecule has 4 heterocycles. The lowest BCUT2D eigenvalue weighted by molar-refractivity contribution is -0.491. The summed E-state index contributed by atoms with van der Waals surface area (Å²) in [6, 6.07) is 1.88. The van der Waals surface area contributed by atoms with Crippen LogP contribution in [0.2, 0.25) is 0 Å². The van der Waals surface area contributed by atoms with Gasteiger partial charge >= 0.3 is 5.97 Å². The van der Waals surface area contributed by atoms with E-state index in [0.717, 1.165) is 30.4 Å². The number of hydrogen-bond donors (Lipinski definition) is 2. The van der Waals surface area contributed by atoms with Crippen molar-refractivity contribution in [3.05, 3.63) is 48.0 Å². The topological polar surface area (TPSA) is 108 Å². The summed E-state index contributed by atoms with van der Waals surface area (Å²) in [5.41, 5.74) is -0.722. The van der Waals surface area contributed by atoms with E-state index in [1.807, 2.05) is 26.8 Å². The van der Waals surface area contributed by atoms with Crippen LogP contribution in [0.1, 0.15) is 64.5 Å². The van der Waals surface area contributed by atoms with E-state index in [2.05, 4.69) is 6.08 Å². The lowest BCUT2D eigenvalue weighted by atomic mass is 9.70. The van der Waals surface area contributed by atoms with Crippen LogP contribution in [0.15, 0.2) is 46.8 Å². The number of carbonyl (C=O) groups excluding carboxylic acids is 1. The predicted octanol–water partition coefficient (Wildman–Crippen LogP) is 3.46. The predicted molar refractivity (Wildman–Crippen MR) is 113 cm³/mol. The molecule has 0 aromatic carbocycles. The van der Waals surface area contributed by atoms with Gasteiger partial charge in [-0.05, 0) is 52.2 Å². The number of aliphatic hydroxyl groups is 2. The molecule has 0 radical (unpaired) electrons. The molecule has 2 aliphatic carbocycles. The minimum atomic E-state index is -1.63. The van der Waals surface area contributed by atoms with Crippen molar-refractivity contribution >= 4 is 5.97 Å². The zero-order chi connectivity index (χ0) is 23.3. The van der Waals surface area contributed by atoms with E-state index in [4.69, 9.17) is 23.7 Å². The van der Waals surface area contributed by atoms with Gasteiger partial charge in [0.05, 0.1) is 24.0 Å². The van der Waals surface area contributed by atoms with E-state index >= 15 is 0 Å². The fourth-order valence-electron chi connectivity index (χ4n) is 7.12. The second-order valence-corrected chi connectivity index (χ2v) is 11.1. The van der Waals surface area contributed by atoms with Gasteiger partial charge in [-0.2, -0.15) is 0 Å². The highest BCUT2D eigenvalue weighted by Gasteiger charge is 2.81. The molecular weight excluding hydrogens is 428 g/mol. The Hall–Kier alpha value is -1.97. The van der Waals surface area contributed by atoms with Crippen molar-refractivity contribution in [2.24, 2.45) is 16.7 Å². The van der Waals surface area contributed by atoms with Crippen molar-refractivity contribution in [3.63, 3.8) is 0 Å². The van der Waals surface area contributed by atoms with Crippen LogP contribution >= 0.6 is 0 Å².